The van der Waals surface area contributed by atoms with E-state index in [4.69, 9.17) is 4.18 Å². The van der Waals surface area contributed by atoms with E-state index in [1.54, 1.807) is 37.3 Å². The lowest BCUT2D eigenvalue weighted by Gasteiger charge is -2.08. The van der Waals surface area contributed by atoms with E-state index in [9.17, 15) is 13.2 Å². The third-order valence-electron chi connectivity index (χ3n) is 3.56. The highest BCUT2D eigenvalue weighted by Gasteiger charge is 2.22. The summed E-state index contributed by atoms with van der Waals surface area (Å²) in [5, 5.41) is 3.60. The minimum atomic E-state index is -3.93. The van der Waals surface area contributed by atoms with Crippen LogP contribution in [-0.4, -0.2) is 20.1 Å². The smallest absolute Gasteiger partial charge is 0.367 e. The number of carbonyl (C=O) groups is 1. The predicted molar refractivity (Wildman–Crippen MR) is 92.6 cm³/mol. The Kier molecular flexibility index (Phi) is 4.41. The van der Waals surface area contributed by atoms with Crippen LogP contribution in [0.5, 0.6) is 5.75 Å². The molecule has 128 valence electrons. The summed E-state index contributed by atoms with van der Waals surface area (Å²) in [6, 6.07) is 12.8. The summed E-state index contributed by atoms with van der Waals surface area (Å²) in [6.45, 7) is 3.52. The Labute approximate surface area is 145 Å². The summed E-state index contributed by atoms with van der Waals surface area (Å²) < 4.78 is 29.9. The molecule has 3 rings (SSSR count). The molecule has 0 unspecified atom stereocenters. The molecule has 25 heavy (non-hydrogen) atoms. The van der Waals surface area contributed by atoms with Gasteiger partial charge in [-0.3, -0.25) is 0 Å². The molecular weight excluding hydrogens is 342 g/mol. The van der Waals surface area contributed by atoms with Crippen LogP contribution in [-0.2, 0) is 19.8 Å². The third-order valence-corrected chi connectivity index (χ3v) is 4.82. The van der Waals surface area contributed by atoms with Crippen molar-refractivity contribution in [1.82, 2.24) is 0 Å². The summed E-state index contributed by atoms with van der Waals surface area (Å²) >= 11 is 0. The average molecular weight is 357 g/mol. The van der Waals surface area contributed by atoms with Crippen molar-refractivity contribution in [3.05, 3.63) is 65.2 Å². The van der Waals surface area contributed by atoms with E-state index < -0.39 is 16.1 Å². The molecule has 0 aromatic heterocycles. The molecule has 0 atom stereocenters. The molecule has 0 radical (unpaired) electrons. The fourth-order valence-corrected chi connectivity index (χ4v) is 3.14. The van der Waals surface area contributed by atoms with Crippen molar-refractivity contribution in [2.75, 3.05) is 0 Å². The van der Waals surface area contributed by atoms with Gasteiger partial charge in [0.1, 0.15) is 10.6 Å². The first kappa shape index (κ1) is 16.9. The van der Waals surface area contributed by atoms with Crippen molar-refractivity contribution in [1.29, 1.82) is 0 Å². The zero-order valence-corrected chi connectivity index (χ0v) is 14.4. The monoisotopic (exact) mass is 357 g/mol. The lowest BCUT2D eigenvalue weighted by molar-refractivity contribution is -0.136. The number of carbonyl (C=O) groups excluding carboxylic acids is 1. The molecule has 1 aliphatic heterocycles. The Morgan fingerprint density at radius 1 is 1.08 bits per heavy atom. The van der Waals surface area contributed by atoms with Gasteiger partial charge >= 0.3 is 16.1 Å². The Morgan fingerprint density at radius 2 is 1.80 bits per heavy atom. The second-order valence-electron chi connectivity index (χ2n) is 5.54. The van der Waals surface area contributed by atoms with Gasteiger partial charge in [0.2, 0.25) is 0 Å². The minimum absolute atomic E-state index is 0.0733. The lowest BCUT2D eigenvalue weighted by Crippen LogP contribution is -2.09. The van der Waals surface area contributed by atoms with Crippen LogP contribution in [0.3, 0.4) is 0 Å². The molecule has 0 aliphatic carbocycles. The van der Waals surface area contributed by atoms with Gasteiger partial charge in [-0.1, -0.05) is 35.0 Å². The first-order valence-corrected chi connectivity index (χ1v) is 8.85. The van der Waals surface area contributed by atoms with Gasteiger partial charge in [0.05, 0.1) is 11.3 Å². The van der Waals surface area contributed by atoms with E-state index in [-0.39, 0.29) is 10.6 Å². The van der Waals surface area contributed by atoms with Crippen LogP contribution in [0.25, 0.3) is 6.08 Å². The molecule has 0 bridgehead atoms. The molecule has 2 aromatic rings. The Morgan fingerprint density at radius 3 is 2.44 bits per heavy atom. The fraction of sp³-hybridized carbons (Fsp3) is 0.111. The highest BCUT2D eigenvalue weighted by molar-refractivity contribution is 7.87. The predicted octanol–water partition coefficient (Wildman–Crippen LogP) is 3.08. The summed E-state index contributed by atoms with van der Waals surface area (Å²) in [5.74, 6) is -0.396. The standard InChI is InChI=1S/C18H15NO5S/c1-12-6-8-16(9-7-12)25(21,22)24-15-5-3-4-14(10-15)11-17-13(2)19-23-18(17)20/h3-11H,1-2H3/b17-11+. The first-order chi connectivity index (χ1) is 11.8. The highest BCUT2D eigenvalue weighted by Crippen LogP contribution is 2.22. The van der Waals surface area contributed by atoms with Gasteiger partial charge in [0.15, 0.2) is 0 Å². The molecular formula is C18H15NO5S. The number of rotatable bonds is 4. The number of hydrogen-bond donors (Lipinski definition) is 0. The van der Waals surface area contributed by atoms with Crippen molar-refractivity contribution in [3.63, 3.8) is 0 Å². The van der Waals surface area contributed by atoms with E-state index in [1.165, 1.54) is 24.3 Å². The summed E-state index contributed by atoms with van der Waals surface area (Å²) in [6.07, 6.45) is 1.57. The quantitative estimate of drug-likeness (QED) is 0.477. The maximum absolute atomic E-state index is 12.3. The highest BCUT2D eigenvalue weighted by atomic mass is 32.2. The molecule has 6 nitrogen and oxygen atoms in total. The molecule has 7 heteroatoms. The maximum atomic E-state index is 12.3. The van der Waals surface area contributed by atoms with Gasteiger partial charge in [-0.05, 0) is 49.8 Å². The van der Waals surface area contributed by atoms with Crippen LogP contribution in [0.15, 0.2) is 64.2 Å². The molecule has 0 N–H and O–H groups in total. The fourth-order valence-electron chi connectivity index (χ4n) is 2.22. The van der Waals surface area contributed by atoms with Gasteiger partial charge in [-0.2, -0.15) is 8.42 Å². The van der Waals surface area contributed by atoms with Crippen LogP contribution in [0.4, 0.5) is 0 Å². The zero-order chi connectivity index (χ0) is 18.0. The molecule has 1 heterocycles. The van der Waals surface area contributed by atoms with Gasteiger partial charge in [-0.15, -0.1) is 0 Å². The number of hydrogen-bond acceptors (Lipinski definition) is 6. The second kappa shape index (κ2) is 6.52. The van der Waals surface area contributed by atoms with Crippen molar-refractivity contribution >= 4 is 27.9 Å². The first-order valence-electron chi connectivity index (χ1n) is 7.44. The SMILES string of the molecule is CC1=NOC(=O)/C1=C/c1cccc(OS(=O)(=O)c2ccc(C)cc2)c1. The van der Waals surface area contributed by atoms with E-state index >= 15 is 0 Å². The number of benzene rings is 2. The third kappa shape index (κ3) is 3.77. The molecule has 0 amide bonds. The maximum Gasteiger partial charge on any atom is 0.367 e. The van der Waals surface area contributed by atoms with Crippen molar-refractivity contribution < 1.29 is 22.2 Å². The summed E-state index contributed by atoms with van der Waals surface area (Å²) in [5.41, 5.74) is 2.33. The second-order valence-corrected chi connectivity index (χ2v) is 7.08. The number of nitrogens with zero attached hydrogens (tertiary/aromatic N) is 1. The van der Waals surface area contributed by atoms with Crippen molar-refractivity contribution in [3.8, 4) is 5.75 Å². The molecule has 0 spiro atoms. The van der Waals surface area contributed by atoms with Gasteiger partial charge in [0.25, 0.3) is 0 Å². The van der Waals surface area contributed by atoms with Crippen LogP contribution in [0, 0.1) is 6.92 Å². The molecule has 1 aliphatic rings. The largest absolute Gasteiger partial charge is 0.379 e. The van der Waals surface area contributed by atoms with E-state index in [0.717, 1.165) is 5.56 Å². The van der Waals surface area contributed by atoms with Crippen LogP contribution in [0.1, 0.15) is 18.1 Å². The summed E-state index contributed by atoms with van der Waals surface area (Å²) in [7, 11) is -3.93. The molecule has 0 saturated carbocycles. The van der Waals surface area contributed by atoms with E-state index in [1.807, 2.05) is 6.92 Å². The van der Waals surface area contributed by atoms with Gasteiger partial charge in [-0.25, -0.2) is 4.79 Å². The van der Waals surface area contributed by atoms with Gasteiger partial charge in [0, 0.05) is 0 Å². The topological polar surface area (TPSA) is 82.0 Å². The lowest BCUT2D eigenvalue weighted by atomic mass is 10.1. The van der Waals surface area contributed by atoms with Crippen molar-refractivity contribution in [2.24, 2.45) is 5.16 Å². The van der Waals surface area contributed by atoms with E-state index in [2.05, 4.69) is 9.99 Å². The Hall–Kier alpha value is -2.93. The molecule has 2 aromatic carbocycles. The Bertz CT molecular complexity index is 988. The molecule has 0 fully saturated rings. The van der Waals surface area contributed by atoms with Crippen LogP contribution in [0.2, 0.25) is 0 Å². The number of aryl methyl sites for hydroxylation is 1. The number of oxime groups is 1. The van der Waals surface area contributed by atoms with E-state index in [0.29, 0.717) is 16.8 Å². The normalized spacial score (nSPS) is 15.8. The summed E-state index contributed by atoms with van der Waals surface area (Å²) in [4.78, 5) is 16.2. The average Bonchev–Trinajstić information content (AvgIpc) is 2.87. The van der Waals surface area contributed by atoms with Crippen LogP contribution >= 0.6 is 0 Å². The Balaban J connectivity index is 1.87. The zero-order valence-electron chi connectivity index (χ0n) is 13.6. The van der Waals surface area contributed by atoms with Crippen LogP contribution < -0.4 is 4.18 Å². The molecule has 0 saturated heterocycles. The van der Waals surface area contributed by atoms with Crippen molar-refractivity contribution in [2.45, 2.75) is 18.7 Å². The minimum Gasteiger partial charge on any atom is -0.379 e. The van der Waals surface area contributed by atoms with Gasteiger partial charge < -0.3 is 9.02 Å².